The number of urea groups is 1. The van der Waals surface area contributed by atoms with E-state index in [1.54, 1.807) is 0 Å². The third-order valence-corrected chi connectivity index (χ3v) is 8.83. The number of hydrogen-bond acceptors (Lipinski definition) is 3. The lowest BCUT2D eigenvalue weighted by atomic mass is 9.66. The summed E-state index contributed by atoms with van der Waals surface area (Å²) >= 11 is 0. The number of nitrogens with one attached hydrogen (secondary N) is 1. The molecule has 1 spiro atoms. The second-order valence-electron chi connectivity index (χ2n) is 10.5. The lowest BCUT2D eigenvalue weighted by Crippen LogP contribution is -2.58. The zero-order valence-electron chi connectivity index (χ0n) is 19.8. The standard InChI is InChI=1S/C28H34N4O/c1-22-9-6-7-12-24(22)31(2)28(23-10-4-3-5-11-23)17-15-27(16-18-28)20-30-25(33)32(27)21-26(19-29)13-8-14-26/h3-7,9-12H,8,13-18,20-21H2,1-2H3,(H,30,33)/t27-,28-. The number of para-hydroxylation sites is 1. The molecule has 0 unspecified atom stereocenters. The monoisotopic (exact) mass is 442 g/mol. The van der Waals surface area contributed by atoms with E-state index in [9.17, 15) is 10.1 Å². The molecular formula is C28H34N4O. The van der Waals surface area contributed by atoms with E-state index in [4.69, 9.17) is 0 Å². The summed E-state index contributed by atoms with van der Waals surface area (Å²) in [6, 6.07) is 22.0. The number of amides is 2. The largest absolute Gasteiger partial charge is 0.365 e. The highest BCUT2D eigenvalue weighted by atomic mass is 16.2. The van der Waals surface area contributed by atoms with Gasteiger partial charge in [0.15, 0.2) is 0 Å². The molecule has 1 heterocycles. The zero-order chi connectivity index (χ0) is 23.1. The minimum absolute atomic E-state index is 0.0102. The van der Waals surface area contributed by atoms with Gasteiger partial charge >= 0.3 is 6.03 Å². The second kappa shape index (κ2) is 8.09. The van der Waals surface area contributed by atoms with E-state index in [1.165, 1.54) is 16.8 Å². The van der Waals surface area contributed by atoms with Gasteiger partial charge in [-0.3, -0.25) is 0 Å². The van der Waals surface area contributed by atoms with Gasteiger partial charge in [0.05, 0.1) is 22.6 Å². The highest BCUT2D eigenvalue weighted by molar-refractivity contribution is 5.78. The number of carbonyl (C=O) groups is 1. The molecule has 1 saturated heterocycles. The van der Waals surface area contributed by atoms with Crippen molar-refractivity contribution in [3.8, 4) is 6.07 Å². The van der Waals surface area contributed by atoms with Crippen molar-refractivity contribution >= 4 is 11.7 Å². The Morgan fingerprint density at radius 2 is 1.67 bits per heavy atom. The van der Waals surface area contributed by atoms with Gasteiger partial charge in [0, 0.05) is 25.8 Å². The molecule has 3 fully saturated rings. The van der Waals surface area contributed by atoms with Crippen LogP contribution >= 0.6 is 0 Å². The maximum absolute atomic E-state index is 12.9. The highest BCUT2D eigenvalue weighted by Gasteiger charge is 2.55. The number of aryl methyl sites for hydroxylation is 1. The molecule has 0 radical (unpaired) electrons. The molecule has 0 atom stereocenters. The van der Waals surface area contributed by atoms with Gasteiger partial charge in [0.25, 0.3) is 0 Å². The Kier molecular flexibility index (Phi) is 5.35. The molecule has 0 bridgehead atoms. The van der Waals surface area contributed by atoms with Crippen LogP contribution in [0.5, 0.6) is 0 Å². The van der Waals surface area contributed by atoms with E-state index in [1.807, 2.05) is 4.90 Å². The third-order valence-electron chi connectivity index (χ3n) is 8.83. The van der Waals surface area contributed by atoms with Gasteiger partial charge < -0.3 is 15.1 Å². The van der Waals surface area contributed by atoms with E-state index >= 15 is 0 Å². The molecule has 0 aromatic heterocycles. The molecule has 2 amide bonds. The molecule has 33 heavy (non-hydrogen) atoms. The fraction of sp³-hybridized carbons (Fsp3) is 0.500. The SMILES string of the molecule is Cc1ccccc1N(C)[C@]1(c2ccccc2)CC[C@@]2(CC1)CNC(=O)N2CC1(C#N)CCC1. The first kappa shape index (κ1) is 21.8. The first-order chi connectivity index (χ1) is 15.9. The summed E-state index contributed by atoms with van der Waals surface area (Å²) in [5.41, 5.74) is 3.20. The summed E-state index contributed by atoms with van der Waals surface area (Å²) in [5, 5.41) is 12.9. The Hall–Kier alpha value is -3.00. The Bertz CT molecular complexity index is 1060. The smallest absolute Gasteiger partial charge is 0.318 e. The van der Waals surface area contributed by atoms with Crippen molar-refractivity contribution in [3.63, 3.8) is 0 Å². The number of rotatable bonds is 5. The average Bonchev–Trinajstić information content (AvgIpc) is 3.12. The first-order valence-electron chi connectivity index (χ1n) is 12.3. The van der Waals surface area contributed by atoms with Crippen molar-refractivity contribution in [3.05, 3.63) is 65.7 Å². The fourth-order valence-corrected chi connectivity index (χ4v) is 6.41. The lowest BCUT2D eigenvalue weighted by molar-refractivity contribution is 0.0460. The minimum atomic E-state index is -0.347. The number of carbonyl (C=O) groups excluding carboxylic acids is 1. The van der Waals surface area contributed by atoms with Crippen molar-refractivity contribution in [2.45, 2.75) is 62.9 Å². The summed E-state index contributed by atoms with van der Waals surface area (Å²) < 4.78 is 0. The average molecular weight is 443 g/mol. The van der Waals surface area contributed by atoms with Gasteiger partial charge in [-0.15, -0.1) is 0 Å². The molecule has 1 N–H and O–H groups in total. The van der Waals surface area contributed by atoms with E-state index in [0.29, 0.717) is 13.1 Å². The maximum atomic E-state index is 12.9. The Labute approximate surface area is 197 Å². The summed E-state index contributed by atoms with van der Waals surface area (Å²) in [7, 11) is 2.22. The quantitative estimate of drug-likeness (QED) is 0.678. The van der Waals surface area contributed by atoms with Crippen LogP contribution < -0.4 is 10.2 Å². The number of anilines is 1. The maximum Gasteiger partial charge on any atom is 0.318 e. The molecule has 5 heteroatoms. The summed E-state index contributed by atoms with van der Waals surface area (Å²) in [6.07, 6.45) is 6.70. The van der Waals surface area contributed by atoms with Crippen molar-refractivity contribution in [1.82, 2.24) is 10.2 Å². The summed E-state index contributed by atoms with van der Waals surface area (Å²) in [4.78, 5) is 17.4. The minimum Gasteiger partial charge on any atom is -0.365 e. The van der Waals surface area contributed by atoms with Crippen LogP contribution in [0.15, 0.2) is 54.6 Å². The van der Waals surface area contributed by atoms with Crippen LogP contribution in [0.3, 0.4) is 0 Å². The molecule has 3 aliphatic rings. The number of hydrogen-bond donors (Lipinski definition) is 1. The number of nitrogens with zero attached hydrogens (tertiary/aromatic N) is 3. The van der Waals surface area contributed by atoms with E-state index in [-0.39, 0.29) is 22.5 Å². The Balaban J connectivity index is 1.47. The van der Waals surface area contributed by atoms with Crippen LogP contribution in [0.25, 0.3) is 0 Å². The highest BCUT2D eigenvalue weighted by Crippen LogP contribution is 2.51. The zero-order valence-corrected chi connectivity index (χ0v) is 19.8. The fourth-order valence-electron chi connectivity index (χ4n) is 6.41. The van der Waals surface area contributed by atoms with Crippen LogP contribution in [0.2, 0.25) is 0 Å². The third kappa shape index (κ3) is 3.47. The molecule has 2 aliphatic carbocycles. The molecule has 1 aliphatic heterocycles. The lowest BCUT2D eigenvalue weighted by Gasteiger charge is -2.53. The van der Waals surface area contributed by atoms with Crippen LogP contribution in [-0.4, -0.2) is 36.6 Å². The van der Waals surface area contributed by atoms with Crippen LogP contribution in [0.1, 0.15) is 56.1 Å². The molecular weight excluding hydrogens is 408 g/mol. The van der Waals surface area contributed by atoms with Crippen LogP contribution in [0, 0.1) is 23.7 Å². The van der Waals surface area contributed by atoms with Crippen molar-refractivity contribution in [2.24, 2.45) is 5.41 Å². The molecule has 5 nitrogen and oxygen atoms in total. The Morgan fingerprint density at radius 1 is 1.00 bits per heavy atom. The molecule has 5 rings (SSSR count). The van der Waals surface area contributed by atoms with Gasteiger partial charge in [-0.25, -0.2) is 4.79 Å². The van der Waals surface area contributed by atoms with E-state index < -0.39 is 0 Å². The molecule has 2 aromatic carbocycles. The van der Waals surface area contributed by atoms with E-state index in [0.717, 1.165) is 44.9 Å². The van der Waals surface area contributed by atoms with Crippen molar-refractivity contribution in [1.29, 1.82) is 5.26 Å². The molecule has 172 valence electrons. The van der Waals surface area contributed by atoms with Gasteiger partial charge in [-0.1, -0.05) is 55.0 Å². The van der Waals surface area contributed by atoms with Crippen LogP contribution in [0.4, 0.5) is 10.5 Å². The normalized spacial score (nSPS) is 28.2. The van der Waals surface area contributed by atoms with Gasteiger partial charge in [-0.05, 0) is 62.6 Å². The van der Waals surface area contributed by atoms with Gasteiger partial charge in [0.2, 0.25) is 0 Å². The van der Waals surface area contributed by atoms with Gasteiger partial charge in [0.1, 0.15) is 0 Å². The number of benzene rings is 2. The van der Waals surface area contributed by atoms with Crippen molar-refractivity contribution in [2.75, 3.05) is 25.0 Å². The van der Waals surface area contributed by atoms with E-state index in [2.05, 4.69) is 84.9 Å². The predicted octanol–water partition coefficient (Wildman–Crippen LogP) is 5.36. The molecule has 2 saturated carbocycles. The first-order valence-corrected chi connectivity index (χ1v) is 12.3. The second-order valence-corrected chi connectivity index (χ2v) is 10.5. The number of nitriles is 1. The van der Waals surface area contributed by atoms with Crippen molar-refractivity contribution < 1.29 is 4.79 Å². The van der Waals surface area contributed by atoms with Gasteiger partial charge in [-0.2, -0.15) is 5.26 Å². The molecule has 2 aromatic rings. The summed E-state index contributed by atoms with van der Waals surface area (Å²) in [5.74, 6) is 0. The predicted molar refractivity (Wildman–Crippen MR) is 131 cm³/mol. The topological polar surface area (TPSA) is 59.4 Å². The van der Waals surface area contributed by atoms with Crippen LogP contribution in [-0.2, 0) is 5.54 Å². The summed E-state index contributed by atoms with van der Waals surface area (Å²) in [6.45, 7) is 3.43. The Morgan fingerprint density at radius 3 is 2.27 bits per heavy atom.